The summed E-state index contributed by atoms with van der Waals surface area (Å²) in [5.74, 6) is 0.419. The molecule has 1 rings (SSSR count). The predicted octanol–water partition coefficient (Wildman–Crippen LogP) is 0.528. The molecule has 1 aromatic heterocycles. The molecular formula is C11H21N5O. The number of aromatic nitrogens is 2. The van der Waals surface area contributed by atoms with Crippen molar-refractivity contribution >= 4 is 11.5 Å². The lowest BCUT2D eigenvalue weighted by atomic mass is 9.85. The van der Waals surface area contributed by atoms with Crippen LogP contribution in [0, 0.1) is 5.41 Å². The average molecular weight is 239 g/mol. The van der Waals surface area contributed by atoms with Gasteiger partial charge in [0.05, 0.1) is 6.33 Å². The van der Waals surface area contributed by atoms with E-state index in [4.69, 9.17) is 11.5 Å². The molecule has 1 atom stereocenters. The molecular weight excluding hydrogens is 218 g/mol. The zero-order chi connectivity index (χ0) is 13.1. The van der Waals surface area contributed by atoms with Gasteiger partial charge in [0.2, 0.25) is 0 Å². The fraction of sp³-hybridized carbons (Fsp3) is 0.636. The van der Waals surface area contributed by atoms with Gasteiger partial charge in [0.25, 0.3) is 5.56 Å². The Kier molecular flexibility index (Phi) is 4.11. The number of H-pyrrole nitrogens is 1. The van der Waals surface area contributed by atoms with Gasteiger partial charge in [-0.3, -0.25) is 4.79 Å². The first-order valence-electron chi connectivity index (χ1n) is 5.66. The molecule has 1 aromatic rings. The van der Waals surface area contributed by atoms with E-state index in [1.165, 1.54) is 6.33 Å². The minimum Gasteiger partial charge on any atom is -0.391 e. The molecule has 0 saturated heterocycles. The molecule has 1 unspecified atom stereocenters. The average Bonchev–Trinajstić information content (AvgIpc) is 2.22. The van der Waals surface area contributed by atoms with E-state index in [1.54, 1.807) is 0 Å². The Morgan fingerprint density at radius 1 is 1.53 bits per heavy atom. The van der Waals surface area contributed by atoms with Crippen molar-refractivity contribution in [1.29, 1.82) is 0 Å². The third-order valence-corrected chi connectivity index (χ3v) is 2.70. The zero-order valence-corrected chi connectivity index (χ0v) is 10.6. The van der Waals surface area contributed by atoms with Crippen molar-refractivity contribution in [2.75, 3.05) is 17.6 Å². The van der Waals surface area contributed by atoms with Gasteiger partial charge in [0.15, 0.2) is 5.82 Å². The quantitative estimate of drug-likeness (QED) is 0.612. The van der Waals surface area contributed by atoms with Crippen LogP contribution >= 0.6 is 0 Å². The molecule has 6 N–H and O–H groups in total. The van der Waals surface area contributed by atoms with Gasteiger partial charge in [0.1, 0.15) is 5.69 Å². The SMILES string of the molecule is CC(C)(C)C(CCN)Nc1nc[nH]c(=O)c1N. The second-order valence-corrected chi connectivity index (χ2v) is 5.13. The van der Waals surface area contributed by atoms with Gasteiger partial charge < -0.3 is 21.8 Å². The minimum atomic E-state index is -0.331. The molecule has 17 heavy (non-hydrogen) atoms. The fourth-order valence-corrected chi connectivity index (χ4v) is 1.58. The normalized spacial score (nSPS) is 13.4. The smallest absolute Gasteiger partial charge is 0.276 e. The van der Waals surface area contributed by atoms with Gasteiger partial charge in [-0.25, -0.2) is 4.98 Å². The Bertz CT molecular complexity index is 421. The van der Waals surface area contributed by atoms with Gasteiger partial charge in [-0.2, -0.15) is 0 Å². The maximum atomic E-state index is 11.3. The van der Waals surface area contributed by atoms with Crippen LogP contribution in [0.3, 0.4) is 0 Å². The van der Waals surface area contributed by atoms with Crippen LogP contribution in [0.2, 0.25) is 0 Å². The summed E-state index contributed by atoms with van der Waals surface area (Å²) in [7, 11) is 0. The van der Waals surface area contributed by atoms with E-state index in [9.17, 15) is 4.79 Å². The van der Waals surface area contributed by atoms with Crippen molar-refractivity contribution in [2.24, 2.45) is 11.1 Å². The molecule has 0 aromatic carbocycles. The molecule has 0 fully saturated rings. The summed E-state index contributed by atoms with van der Waals surface area (Å²) in [6, 6.07) is 0.115. The van der Waals surface area contributed by atoms with Gasteiger partial charge in [-0.05, 0) is 18.4 Å². The maximum absolute atomic E-state index is 11.3. The second-order valence-electron chi connectivity index (χ2n) is 5.13. The van der Waals surface area contributed by atoms with Crippen LogP contribution in [0.15, 0.2) is 11.1 Å². The van der Waals surface area contributed by atoms with Crippen LogP contribution in [-0.2, 0) is 0 Å². The number of rotatable bonds is 4. The number of nitrogens with two attached hydrogens (primary N) is 2. The van der Waals surface area contributed by atoms with E-state index >= 15 is 0 Å². The number of hydrogen-bond acceptors (Lipinski definition) is 5. The largest absolute Gasteiger partial charge is 0.391 e. The molecule has 0 bridgehead atoms. The summed E-state index contributed by atoms with van der Waals surface area (Å²) < 4.78 is 0. The minimum absolute atomic E-state index is 0.0100. The highest BCUT2D eigenvalue weighted by atomic mass is 16.1. The topological polar surface area (TPSA) is 110 Å². The Morgan fingerprint density at radius 2 is 2.18 bits per heavy atom. The highest BCUT2D eigenvalue weighted by molar-refractivity contribution is 5.59. The molecule has 0 aliphatic heterocycles. The van der Waals surface area contributed by atoms with E-state index in [2.05, 4.69) is 36.1 Å². The van der Waals surface area contributed by atoms with Gasteiger partial charge in [-0.15, -0.1) is 0 Å². The van der Waals surface area contributed by atoms with E-state index in [0.717, 1.165) is 6.42 Å². The molecule has 0 aliphatic rings. The Labute approximate surface area is 101 Å². The van der Waals surface area contributed by atoms with Crippen LogP contribution < -0.4 is 22.3 Å². The van der Waals surface area contributed by atoms with Crippen LogP contribution in [0.25, 0.3) is 0 Å². The van der Waals surface area contributed by atoms with Crippen molar-refractivity contribution in [1.82, 2.24) is 9.97 Å². The molecule has 0 aliphatic carbocycles. The molecule has 0 spiro atoms. The Morgan fingerprint density at radius 3 is 2.71 bits per heavy atom. The molecule has 0 amide bonds. The lowest BCUT2D eigenvalue weighted by Gasteiger charge is -2.31. The summed E-state index contributed by atoms with van der Waals surface area (Å²) in [5, 5.41) is 3.19. The third-order valence-electron chi connectivity index (χ3n) is 2.70. The van der Waals surface area contributed by atoms with Gasteiger partial charge >= 0.3 is 0 Å². The van der Waals surface area contributed by atoms with Crippen molar-refractivity contribution in [3.63, 3.8) is 0 Å². The summed E-state index contributed by atoms with van der Waals surface area (Å²) in [6.07, 6.45) is 2.13. The van der Waals surface area contributed by atoms with E-state index in [1.807, 2.05) is 0 Å². The van der Waals surface area contributed by atoms with Crippen LogP contribution in [0.5, 0.6) is 0 Å². The van der Waals surface area contributed by atoms with E-state index in [-0.39, 0.29) is 22.7 Å². The van der Waals surface area contributed by atoms with Crippen molar-refractivity contribution in [2.45, 2.75) is 33.2 Å². The monoisotopic (exact) mass is 239 g/mol. The first-order valence-corrected chi connectivity index (χ1v) is 5.66. The summed E-state index contributed by atoms with van der Waals surface area (Å²) in [6.45, 7) is 6.87. The van der Waals surface area contributed by atoms with Crippen LogP contribution in [0.1, 0.15) is 27.2 Å². The lowest BCUT2D eigenvalue weighted by molar-refractivity contribution is 0.328. The maximum Gasteiger partial charge on any atom is 0.276 e. The van der Waals surface area contributed by atoms with Crippen molar-refractivity contribution in [3.8, 4) is 0 Å². The summed E-state index contributed by atoms with van der Waals surface area (Å²) >= 11 is 0. The molecule has 1 heterocycles. The Balaban J connectivity index is 2.94. The van der Waals surface area contributed by atoms with Crippen LogP contribution in [-0.4, -0.2) is 22.6 Å². The third kappa shape index (κ3) is 3.45. The number of hydrogen-bond donors (Lipinski definition) is 4. The molecule has 6 heteroatoms. The van der Waals surface area contributed by atoms with Gasteiger partial charge in [0, 0.05) is 6.04 Å². The van der Waals surface area contributed by atoms with Crippen LogP contribution in [0.4, 0.5) is 11.5 Å². The molecule has 0 saturated carbocycles. The number of nitrogen functional groups attached to an aromatic ring is 1. The first-order chi connectivity index (χ1) is 7.86. The first kappa shape index (κ1) is 13.5. The molecule has 6 nitrogen and oxygen atoms in total. The van der Waals surface area contributed by atoms with Gasteiger partial charge in [-0.1, -0.05) is 20.8 Å². The summed E-state index contributed by atoms with van der Waals surface area (Å²) in [4.78, 5) is 17.8. The predicted molar refractivity (Wildman–Crippen MR) is 69.8 cm³/mol. The molecule has 96 valence electrons. The number of nitrogens with one attached hydrogen (secondary N) is 2. The zero-order valence-electron chi connectivity index (χ0n) is 10.6. The van der Waals surface area contributed by atoms with Crippen molar-refractivity contribution < 1.29 is 0 Å². The van der Waals surface area contributed by atoms with E-state index in [0.29, 0.717) is 12.4 Å². The fourth-order valence-electron chi connectivity index (χ4n) is 1.58. The summed E-state index contributed by atoms with van der Waals surface area (Å²) in [5.41, 5.74) is 11.0. The highest BCUT2D eigenvalue weighted by Crippen LogP contribution is 2.25. The number of aromatic amines is 1. The standard InChI is InChI=1S/C11H21N5O/c1-11(2,3)7(4-5-12)16-9-8(13)10(17)15-6-14-9/h6-7H,4-5,12-13H2,1-3H3,(H2,14,15,16,17). The lowest BCUT2D eigenvalue weighted by Crippen LogP contribution is -2.37. The number of nitrogens with zero attached hydrogens (tertiary/aromatic N) is 1. The number of anilines is 2. The second kappa shape index (κ2) is 5.18. The molecule has 0 radical (unpaired) electrons. The Hall–Kier alpha value is -1.56. The van der Waals surface area contributed by atoms with E-state index < -0.39 is 0 Å². The van der Waals surface area contributed by atoms with Crippen molar-refractivity contribution in [3.05, 3.63) is 16.7 Å². The highest BCUT2D eigenvalue weighted by Gasteiger charge is 2.24.